The summed E-state index contributed by atoms with van der Waals surface area (Å²) in [5.74, 6) is 0.254. The lowest BCUT2D eigenvalue weighted by Crippen LogP contribution is -2.03. The topological polar surface area (TPSA) is 26.3 Å². The van der Waals surface area contributed by atoms with Crippen LogP contribution in [-0.4, -0.2) is 12.6 Å². The van der Waals surface area contributed by atoms with Crippen molar-refractivity contribution in [3.63, 3.8) is 0 Å². The van der Waals surface area contributed by atoms with Crippen molar-refractivity contribution in [2.45, 2.75) is 13.3 Å². The van der Waals surface area contributed by atoms with Crippen molar-refractivity contribution >= 4 is 17.9 Å². The zero-order valence-corrected chi connectivity index (χ0v) is 7.72. The van der Waals surface area contributed by atoms with E-state index < -0.39 is 6.36 Å². The van der Waals surface area contributed by atoms with Gasteiger partial charge in [0, 0.05) is 17.5 Å². The Morgan fingerprint density at radius 2 is 2.23 bits per heavy atom. The number of hydrogen-bond donors (Lipinski definition) is 0. The van der Waals surface area contributed by atoms with Crippen molar-refractivity contribution in [2.24, 2.45) is 0 Å². The average Bonchev–Trinajstić information content (AvgIpc) is 2.01. The fourth-order valence-corrected chi connectivity index (χ4v) is 1.14. The standard InChI is InChI=1S/C9H8ClFO2/c1-6(11)13-9-3-7(5-12)2-8(10)4-9/h2-6H,1H3. The van der Waals surface area contributed by atoms with Crippen molar-refractivity contribution < 1.29 is 13.9 Å². The molecule has 0 aliphatic carbocycles. The van der Waals surface area contributed by atoms with Gasteiger partial charge in [0.2, 0.25) is 6.36 Å². The zero-order chi connectivity index (χ0) is 9.84. The van der Waals surface area contributed by atoms with Crippen LogP contribution in [0.25, 0.3) is 0 Å². The van der Waals surface area contributed by atoms with E-state index in [2.05, 4.69) is 0 Å². The average molecular weight is 203 g/mol. The van der Waals surface area contributed by atoms with Crippen LogP contribution in [0.1, 0.15) is 17.3 Å². The molecule has 0 aromatic heterocycles. The Kier molecular flexibility index (Phi) is 3.25. The van der Waals surface area contributed by atoms with E-state index in [4.69, 9.17) is 16.3 Å². The Morgan fingerprint density at radius 1 is 1.54 bits per heavy atom. The molecule has 0 aliphatic heterocycles. The Balaban J connectivity index is 2.94. The van der Waals surface area contributed by atoms with E-state index in [9.17, 15) is 9.18 Å². The van der Waals surface area contributed by atoms with Crippen LogP contribution in [0.15, 0.2) is 18.2 Å². The van der Waals surface area contributed by atoms with E-state index in [-0.39, 0.29) is 5.75 Å². The number of carbonyl (C=O) groups excluding carboxylic acids is 1. The second-order valence-corrected chi connectivity index (χ2v) is 2.94. The summed E-state index contributed by atoms with van der Waals surface area (Å²) in [6, 6.07) is 4.35. The third kappa shape index (κ3) is 3.03. The molecule has 4 heteroatoms. The quantitative estimate of drug-likeness (QED) is 0.705. The number of halogens is 2. The third-order valence-electron chi connectivity index (χ3n) is 1.33. The molecule has 1 atom stereocenters. The van der Waals surface area contributed by atoms with Crippen molar-refractivity contribution in [3.8, 4) is 5.75 Å². The molecule has 0 radical (unpaired) electrons. The number of carbonyl (C=O) groups is 1. The molecular weight excluding hydrogens is 195 g/mol. The molecule has 13 heavy (non-hydrogen) atoms. The Morgan fingerprint density at radius 3 is 2.77 bits per heavy atom. The first-order valence-electron chi connectivity index (χ1n) is 3.68. The molecule has 1 unspecified atom stereocenters. The molecule has 0 heterocycles. The Labute approximate surface area is 80.3 Å². The molecule has 0 N–H and O–H groups in total. The largest absolute Gasteiger partial charge is 0.461 e. The summed E-state index contributed by atoms with van der Waals surface area (Å²) in [6.45, 7) is 1.25. The highest BCUT2D eigenvalue weighted by Gasteiger charge is 2.03. The van der Waals surface area contributed by atoms with Gasteiger partial charge in [-0.3, -0.25) is 4.79 Å². The van der Waals surface area contributed by atoms with E-state index in [0.29, 0.717) is 16.9 Å². The summed E-state index contributed by atoms with van der Waals surface area (Å²) >= 11 is 5.65. The van der Waals surface area contributed by atoms with Gasteiger partial charge >= 0.3 is 0 Å². The van der Waals surface area contributed by atoms with Gasteiger partial charge in [-0.25, -0.2) is 4.39 Å². The van der Waals surface area contributed by atoms with Gasteiger partial charge in [-0.15, -0.1) is 0 Å². The second-order valence-electron chi connectivity index (χ2n) is 2.50. The van der Waals surface area contributed by atoms with Crippen LogP contribution >= 0.6 is 11.6 Å². The molecular formula is C9H8ClFO2. The first kappa shape index (κ1) is 9.99. The van der Waals surface area contributed by atoms with E-state index in [1.807, 2.05) is 0 Å². The van der Waals surface area contributed by atoms with Gasteiger partial charge in [0.25, 0.3) is 0 Å². The smallest absolute Gasteiger partial charge is 0.235 e. The lowest BCUT2D eigenvalue weighted by Gasteiger charge is -2.07. The number of aldehydes is 1. The first-order valence-corrected chi connectivity index (χ1v) is 4.06. The molecule has 1 aromatic rings. The summed E-state index contributed by atoms with van der Waals surface area (Å²) in [7, 11) is 0. The highest BCUT2D eigenvalue weighted by atomic mass is 35.5. The number of alkyl halides is 1. The molecule has 0 aliphatic rings. The summed E-state index contributed by atoms with van der Waals surface area (Å²) in [5, 5.41) is 0.347. The third-order valence-corrected chi connectivity index (χ3v) is 1.55. The molecule has 1 rings (SSSR count). The van der Waals surface area contributed by atoms with Gasteiger partial charge in [0.05, 0.1) is 0 Å². The Hall–Kier alpha value is -1.09. The van der Waals surface area contributed by atoms with Crippen LogP contribution < -0.4 is 4.74 Å². The highest BCUT2D eigenvalue weighted by molar-refractivity contribution is 6.31. The number of hydrogen-bond acceptors (Lipinski definition) is 2. The molecule has 0 spiro atoms. The molecule has 0 amide bonds. The molecule has 2 nitrogen and oxygen atoms in total. The maximum absolute atomic E-state index is 12.4. The maximum atomic E-state index is 12.4. The lowest BCUT2D eigenvalue weighted by molar-refractivity contribution is 0.0858. The summed E-state index contributed by atoms with van der Waals surface area (Å²) in [4.78, 5) is 10.4. The molecule has 0 saturated heterocycles. The number of benzene rings is 1. The van der Waals surface area contributed by atoms with Crippen LogP contribution in [0.4, 0.5) is 4.39 Å². The SMILES string of the molecule is CC(F)Oc1cc(Cl)cc(C=O)c1. The molecule has 0 saturated carbocycles. The highest BCUT2D eigenvalue weighted by Crippen LogP contribution is 2.21. The predicted molar refractivity (Wildman–Crippen MR) is 48.0 cm³/mol. The molecule has 1 aromatic carbocycles. The number of rotatable bonds is 3. The molecule has 0 bridgehead atoms. The van der Waals surface area contributed by atoms with Gasteiger partial charge in [-0.1, -0.05) is 11.6 Å². The van der Waals surface area contributed by atoms with Gasteiger partial charge in [0.15, 0.2) is 0 Å². The van der Waals surface area contributed by atoms with Crippen molar-refractivity contribution in [1.82, 2.24) is 0 Å². The maximum Gasteiger partial charge on any atom is 0.235 e. The van der Waals surface area contributed by atoms with Crippen LogP contribution in [0.3, 0.4) is 0 Å². The minimum atomic E-state index is -1.42. The predicted octanol–water partition coefficient (Wildman–Crippen LogP) is 2.85. The van der Waals surface area contributed by atoms with Crippen LogP contribution in [-0.2, 0) is 0 Å². The summed E-state index contributed by atoms with van der Waals surface area (Å²) in [5.41, 5.74) is 0.364. The fourth-order valence-electron chi connectivity index (χ4n) is 0.908. The van der Waals surface area contributed by atoms with Gasteiger partial charge in [-0.05, 0) is 18.2 Å². The van der Waals surface area contributed by atoms with Crippen LogP contribution in [0.5, 0.6) is 5.75 Å². The molecule has 70 valence electrons. The molecule has 0 fully saturated rings. The number of ether oxygens (including phenoxy) is 1. The monoisotopic (exact) mass is 202 g/mol. The van der Waals surface area contributed by atoms with Gasteiger partial charge in [0.1, 0.15) is 12.0 Å². The fraction of sp³-hybridized carbons (Fsp3) is 0.222. The minimum absolute atomic E-state index is 0.254. The van der Waals surface area contributed by atoms with Crippen molar-refractivity contribution in [3.05, 3.63) is 28.8 Å². The second kappa shape index (κ2) is 4.23. The van der Waals surface area contributed by atoms with E-state index in [1.165, 1.54) is 25.1 Å². The van der Waals surface area contributed by atoms with Crippen LogP contribution in [0, 0.1) is 0 Å². The van der Waals surface area contributed by atoms with Crippen molar-refractivity contribution in [2.75, 3.05) is 0 Å². The first-order chi connectivity index (χ1) is 6.11. The van der Waals surface area contributed by atoms with Crippen LogP contribution in [0.2, 0.25) is 5.02 Å². The summed E-state index contributed by atoms with van der Waals surface area (Å²) in [6.07, 6.45) is -0.792. The van der Waals surface area contributed by atoms with Crippen molar-refractivity contribution in [1.29, 1.82) is 0 Å². The normalized spacial score (nSPS) is 12.2. The van der Waals surface area contributed by atoms with Gasteiger partial charge < -0.3 is 4.74 Å². The minimum Gasteiger partial charge on any atom is -0.461 e. The van der Waals surface area contributed by atoms with E-state index >= 15 is 0 Å². The van der Waals surface area contributed by atoms with E-state index in [0.717, 1.165) is 0 Å². The van der Waals surface area contributed by atoms with E-state index in [1.54, 1.807) is 0 Å². The zero-order valence-electron chi connectivity index (χ0n) is 6.96. The lowest BCUT2D eigenvalue weighted by atomic mass is 10.2. The summed E-state index contributed by atoms with van der Waals surface area (Å²) < 4.78 is 17.1. The Bertz CT molecular complexity index is 312. The van der Waals surface area contributed by atoms with Gasteiger partial charge in [-0.2, -0.15) is 0 Å².